The number of hydrogen-bond acceptors (Lipinski definition) is 2. The number of aliphatic carboxylic acids is 1. The zero-order chi connectivity index (χ0) is 11.3. The molecule has 0 radical (unpaired) electrons. The van der Waals surface area contributed by atoms with Gasteiger partial charge in [0.1, 0.15) is 0 Å². The molecule has 1 saturated carbocycles. The van der Waals surface area contributed by atoms with Crippen LogP contribution in [0.1, 0.15) is 46.0 Å². The highest BCUT2D eigenvalue weighted by Gasteiger charge is 2.33. The maximum atomic E-state index is 10.9. The molecule has 0 aromatic heterocycles. The van der Waals surface area contributed by atoms with Crippen LogP contribution < -0.4 is 0 Å². The topological polar surface area (TPSA) is 46.5 Å². The third-order valence-electron chi connectivity index (χ3n) is 3.15. The zero-order valence-corrected chi connectivity index (χ0v) is 9.74. The van der Waals surface area contributed by atoms with Crippen LogP contribution in [-0.4, -0.2) is 23.8 Å². The number of hydrogen-bond donors (Lipinski definition) is 1. The lowest BCUT2D eigenvalue weighted by Crippen LogP contribution is -2.27. The summed E-state index contributed by atoms with van der Waals surface area (Å²) in [6.07, 6.45) is 4.96. The molecule has 3 atom stereocenters. The fourth-order valence-electron chi connectivity index (χ4n) is 2.27. The molecule has 0 amide bonds. The molecule has 0 heterocycles. The van der Waals surface area contributed by atoms with E-state index in [-0.39, 0.29) is 12.0 Å². The first-order valence-corrected chi connectivity index (χ1v) is 5.99. The molecule has 1 rings (SSSR count). The monoisotopic (exact) mass is 214 g/mol. The van der Waals surface area contributed by atoms with E-state index in [9.17, 15) is 4.79 Å². The van der Waals surface area contributed by atoms with Crippen molar-refractivity contribution >= 4 is 5.97 Å². The predicted octanol–water partition coefficient (Wildman–Crippen LogP) is 2.69. The number of carboxylic acid groups (broad SMARTS) is 1. The van der Waals surface area contributed by atoms with E-state index in [1.54, 1.807) is 0 Å². The quantitative estimate of drug-likeness (QED) is 0.739. The number of rotatable bonds is 6. The first kappa shape index (κ1) is 12.5. The van der Waals surface area contributed by atoms with Gasteiger partial charge in [0.2, 0.25) is 0 Å². The average molecular weight is 214 g/mol. The molecule has 3 nitrogen and oxygen atoms in total. The van der Waals surface area contributed by atoms with Gasteiger partial charge < -0.3 is 9.84 Å². The van der Waals surface area contributed by atoms with E-state index >= 15 is 0 Å². The first-order valence-electron chi connectivity index (χ1n) is 5.99. The summed E-state index contributed by atoms with van der Waals surface area (Å²) >= 11 is 0. The van der Waals surface area contributed by atoms with Crippen molar-refractivity contribution in [2.45, 2.75) is 52.1 Å². The Morgan fingerprint density at radius 3 is 2.87 bits per heavy atom. The largest absolute Gasteiger partial charge is 0.481 e. The van der Waals surface area contributed by atoms with Crippen molar-refractivity contribution in [3.05, 3.63) is 0 Å². The summed E-state index contributed by atoms with van der Waals surface area (Å²) in [5, 5.41) is 8.97. The van der Waals surface area contributed by atoms with Gasteiger partial charge in [-0.15, -0.1) is 0 Å². The molecular formula is C12H22O3. The number of carbonyl (C=O) groups is 1. The van der Waals surface area contributed by atoms with Crippen molar-refractivity contribution in [3.63, 3.8) is 0 Å². The third-order valence-corrected chi connectivity index (χ3v) is 3.15. The van der Waals surface area contributed by atoms with Crippen molar-refractivity contribution in [2.24, 2.45) is 11.8 Å². The summed E-state index contributed by atoms with van der Waals surface area (Å²) in [6.45, 7) is 5.03. The molecule has 0 aromatic rings. The Hall–Kier alpha value is -0.570. The zero-order valence-electron chi connectivity index (χ0n) is 9.74. The van der Waals surface area contributed by atoms with Gasteiger partial charge in [-0.1, -0.05) is 20.3 Å². The summed E-state index contributed by atoms with van der Waals surface area (Å²) in [5.41, 5.74) is 0. The van der Waals surface area contributed by atoms with Crippen molar-refractivity contribution in [1.29, 1.82) is 0 Å². The van der Waals surface area contributed by atoms with Gasteiger partial charge in [0.05, 0.1) is 12.0 Å². The Kier molecular flexibility index (Phi) is 5.09. The van der Waals surface area contributed by atoms with Gasteiger partial charge in [-0.2, -0.15) is 0 Å². The Morgan fingerprint density at radius 1 is 1.53 bits per heavy atom. The highest BCUT2D eigenvalue weighted by Crippen LogP contribution is 2.29. The molecule has 15 heavy (non-hydrogen) atoms. The minimum absolute atomic E-state index is 0.0400. The van der Waals surface area contributed by atoms with Gasteiger partial charge in [0.15, 0.2) is 0 Å². The van der Waals surface area contributed by atoms with E-state index in [0.29, 0.717) is 12.5 Å². The second-order valence-corrected chi connectivity index (χ2v) is 4.64. The van der Waals surface area contributed by atoms with Crippen LogP contribution in [0.25, 0.3) is 0 Å². The summed E-state index contributed by atoms with van der Waals surface area (Å²) < 4.78 is 5.71. The lowest BCUT2D eigenvalue weighted by atomic mass is 10.1. The summed E-state index contributed by atoms with van der Waals surface area (Å²) in [6, 6.07) is 0. The van der Waals surface area contributed by atoms with Crippen LogP contribution in [0.2, 0.25) is 0 Å². The molecule has 0 bridgehead atoms. The van der Waals surface area contributed by atoms with E-state index in [0.717, 1.165) is 32.1 Å². The molecule has 0 spiro atoms. The standard InChI is InChI=1S/C12H22O3/c1-3-5-9(2)8-15-11-7-4-6-10(11)12(13)14/h9-11H,3-8H2,1-2H3,(H,13,14). The molecule has 0 aromatic carbocycles. The van der Waals surface area contributed by atoms with Gasteiger partial charge in [-0.3, -0.25) is 4.79 Å². The van der Waals surface area contributed by atoms with E-state index in [1.165, 1.54) is 0 Å². The lowest BCUT2D eigenvalue weighted by Gasteiger charge is -2.19. The maximum absolute atomic E-state index is 10.9. The van der Waals surface area contributed by atoms with Crippen molar-refractivity contribution in [1.82, 2.24) is 0 Å². The van der Waals surface area contributed by atoms with Gasteiger partial charge >= 0.3 is 5.97 Å². The Balaban J connectivity index is 2.28. The number of ether oxygens (including phenoxy) is 1. The van der Waals surface area contributed by atoms with Gasteiger partial charge in [0.25, 0.3) is 0 Å². The Bertz CT molecular complexity index is 203. The van der Waals surface area contributed by atoms with Gasteiger partial charge in [0, 0.05) is 6.61 Å². The minimum Gasteiger partial charge on any atom is -0.481 e. The Labute approximate surface area is 91.8 Å². The van der Waals surface area contributed by atoms with Crippen LogP contribution in [0.15, 0.2) is 0 Å². The molecule has 1 aliphatic carbocycles. The normalized spacial score (nSPS) is 27.9. The second kappa shape index (κ2) is 6.11. The maximum Gasteiger partial charge on any atom is 0.309 e. The molecule has 0 aliphatic heterocycles. The predicted molar refractivity (Wildman–Crippen MR) is 58.8 cm³/mol. The fourth-order valence-corrected chi connectivity index (χ4v) is 2.27. The first-order chi connectivity index (χ1) is 7.15. The molecule has 88 valence electrons. The molecule has 3 unspecified atom stereocenters. The fraction of sp³-hybridized carbons (Fsp3) is 0.917. The van der Waals surface area contributed by atoms with Crippen LogP contribution in [0.5, 0.6) is 0 Å². The molecule has 1 N–H and O–H groups in total. The van der Waals surface area contributed by atoms with Crippen LogP contribution in [0, 0.1) is 11.8 Å². The van der Waals surface area contributed by atoms with E-state index in [2.05, 4.69) is 13.8 Å². The van der Waals surface area contributed by atoms with E-state index < -0.39 is 5.97 Å². The van der Waals surface area contributed by atoms with E-state index in [4.69, 9.17) is 9.84 Å². The van der Waals surface area contributed by atoms with Crippen molar-refractivity contribution in [2.75, 3.05) is 6.61 Å². The third kappa shape index (κ3) is 3.82. The highest BCUT2D eigenvalue weighted by molar-refractivity contribution is 5.71. The van der Waals surface area contributed by atoms with Gasteiger partial charge in [-0.25, -0.2) is 0 Å². The average Bonchev–Trinajstić information content (AvgIpc) is 2.63. The molecule has 3 heteroatoms. The van der Waals surface area contributed by atoms with Crippen molar-refractivity contribution < 1.29 is 14.6 Å². The summed E-state index contributed by atoms with van der Waals surface area (Å²) in [4.78, 5) is 10.9. The minimum atomic E-state index is -0.694. The SMILES string of the molecule is CCCC(C)COC1CCCC1C(=O)O. The lowest BCUT2D eigenvalue weighted by molar-refractivity contribution is -0.146. The smallest absolute Gasteiger partial charge is 0.309 e. The van der Waals surface area contributed by atoms with Crippen LogP contribution in [-0.2, 0) is 9.53 Å². The summed E-state index contributed by atoms with van der Waals surface area (Å²) in [5.74, 6) is -0.412. The second-order valence-electron chi connectivity index (χ2n) is 4.64. The molecular weight excluding hydrogens is 192 g/mol. The van der Waals surface area contributed by atoms with Crippen LogP contribution in [0.3, 0.4) is 0 Å². The number of carboxylic acids is 1. The molecule has 1 fully saturated rings. The molecule has 0 saturated heterocycles. The van der Waals surface area contributed by atoms with Crippen molar-refractivity contribution in [3.8, 4) is 0 Å². The Morgan fingerprint density at radius 2 is 2.27 bits per heavy atom. The molecule has 1 aliphatic rings. The summed E-state index contributed by atoms with van der Waals surface area (Å²) in [7, 11) is 0. The van der Waals surface area contributed by atoms with Gasteiger partial charge in [-0.05, 0) is 31.6 Å². The highest BCUT2D eigenvalue weighted by atomic mass is 16.5. The van der Waals surface area contributed by atoms with Crippen LogP contribution in [0.4, 0.5) is 0 Å². The van der Waals surface area contributed by atoms with E-state index in [1.807, 2.05) is 0 Å². The van der Waals surface area contributed by atoms with Crippen LogP contribution >= 0.6 is 0 Å².